The molecule has 0 bridgehead atoms. The molecule has 0 spiro atoms. The van der Waals surface area contributed by atoms with Crippen LogP contribution in [0.15, 0.2) is 28.7 Å². The maximum Gasteiger partial charge on any atom is 0.144 e. The minimum absolute atomic E-state index is 0.307. The van der Waals surface area contributed by atoms with Crippen molar-refractivity contribution in [3.63, 3.8) is 0 Å². The van der Waals surface area contributed by atoms with Crippen molar-refractivity contribution in [3.8, 4) is 0 Å². The third-order valence-electron chi connectivity index (χ3n) is 1.85. The number of carbonyl (C=O) groups is 1. The number of hydrogen-bond donors (Lipinski definition) is 0. The minimum atomic E-state index is -0.307. The zero-order valence-electron chi connectivity index (χ0n) is 8.11. The summed E-state index contributed by atoms with van der Waals surface area (Å²) in [4.78, 5) is 15.8. The van der Waals surface area contributed by atoms with Gasteiger partial charge in [-0.15, -0.1) is 0 Å². The lowest BCUT2D eigenvalue weighted by molar-refractivity contribution is -0.110. The summed E-state index contributed by atoms with van der Waals surface area (Å²) in [6.45, 7) is 1.77. The van der Waals surface area contributed by atoms with Gasteiger partial charge >= 0.3 is 0 Å². The molecule has 1 aromatic rings. The molecule has 0 saturated carbocycles. The molecule has 0 N–H and O–H groups in total. The second-order valence-corrected chi connectivity index (χ2v) is 3.69. The van der Waals surface area contributed by atoms with Crippen LogP contribution in [0.5, 0.6) is 0 Å². The average molecular weight is 258 g/mol. The van der Waals surface area contributed by atoms with E-state index >= 15 is 0 Å². The Morgan fingerprint density at radius 3 is 2.64 bits per heavy atom. The summed E-state index contributed by atoms with van der Waals surface area (Å²) in [6, 6.07) is 7.28. The first-order valence-corrected chi connectivity index (χ1v) is 5.03. The molecule has 0 aliphatic heterocycles. The number of aldehydes is 1. The van der Waals surface area contributed by atoms with Crippen molar-refractivity contribution in [2.75, 3.05) is 12.2 Å². The van der Waals surface area contributed by atoms with E-state index in [4.69, 9.17) is 4.84 Å². The minimum Gasteiger partial charge on any atom is -0.301 e. The van der Waals surface area contributed by atoms with E-state index in [0.717, 1.165) is 16.4 Å². The van der Waals surface area contributed by atoms with Gasteiger partial charge in [0.2, 0.25) is 0 Å². The summed E-state index contributed by atoms with van der Waals surface area (Å²) in [5.74, 6) is 0. The lowest BCUT2D eigenvalue weighted by Gasteiger charge is -2.25. The predicted octanol–water partition coefficient (Wildman–Crippen LogP) is 2.40. The van der Waals surface area contributed by atoms with Gasteiger partial charge in [-0.3, -0.25) is 4.84 Å². The van der Waals surface area contributed by atoms with Crippen molar-refractivity contribution in [1.29, 1.82) is 0 Å². The Kier molecular flexibility index (Phi) is 4.10. The number of para-hydroxylation sites is 1. The van der Waals surface area contributed by atoms with Gasteiger partial charge in [-0.05, 0) is 35.0 Å². The maximum atomic E-state index is 10.7. The SMILES string of the molecule is CON(c1ccccc1Br)[C@@H](C)C=O. The largest absolute Gasteiger partial charge is 0.301 e. The fourth-order valence-corrected chi connectivity index (χ4v) is 1.63. The summed E-state index contributed by atoms with van der Waals surface area (Å²) >= 11 is 3.40. The van der Waals surface area contributed by atoms with Crippen LogP contribution in [0.4, 0.5) is 5.69 Å². The molecular formula is C10H12BrNO2. The van der Waals surface area contributed by atoms with Crippen LogP contribution in [0.25, 0.3) is 0 Å². The smallest absolute Gasteiger partial charge is 0.144 e. The van der Waals surface area contributed by atoms with Crippen LogP contribution in [-0.4, -0.2) is 19.4 Å². The molecule has 4 heteroatoms. The summed E-state index contributed by atoms with van der Waals surface area (Å²) in [7, 11) is 1.54. The summed E-state index contributed by atoms with van der Waals surface area (Å²) in [5, 5.41) is 1.55. The van der Waals surface area contributed by atoms with Crippen LogP contribution < -0.4 is 5.06 Å². The van der Waals surface area contributed by atoms with E-state index in [2.05, 4.69) is 15.9 Å². The van der Waals surface area contributed by atoms with Gasteiger partial charge in [0.15, 0.2) is 0 Å². The molecule has 76 valence electrons. The number of hydroxylamine groups is 1. The molecule has 0 heterocycles. The normalized spacial score (nSPS) is 12.2. The van der Waals surface area contributed by atoms with Gasteiger partial charge < -0.3 is 4.79 Å². The first-order chi connectivity index (χ1) is 6.70. The Bertz CT molecular complexity index is 317. The molecule has 1 rings (SSSR count). The Morgan fingerprint density at radius 1 is 1.50 bits per heavy atom. The average Bonchev–Trinajstić information content (AvgIpc) is 2.21. The van der Waals surface area contributed by atoms with Gasteiger partial charge in [-0.2, -0.15) is 0 Å². The van der Waals surface area contributed by atoms with Crippen molar-refractivity contribution in [3.05, 3.63) is 28.7 Å². The van der Waals surface area contributed by atoms with Gasteiger partial charge in [0.25, 0.3) is 0 Å². The molecule has 0 aliphatic carbocycles. The van der Waals surface area contributed by atoms with Gasteiger partial charge in [-0.25, -0.2) is 5.06 Å². The lowest BCUT2D eigenvalue weighted by atomic mass is 10.3. The van der Waals surface area contributed by atoms with Gasteiger partial charge in [-0.1, -0.05) is 12.1 Å². The van der Waals surface area contributed by atoms with E-state index in [1.54, 1.807) is 19.1 Å². The molecule has 0 aromatic heterocycles. The monoisotopic (exact) mass is 257 g/mol. The summed E-state index contributed by atoms with van der Waals surface area (Å²) < 4.78 is 0.899. The highest BCUT2D eigenvalue weighted by molar-refractivity contribution is 9.10. The molecule has 0 unspecified atom stereocenters. The van der Waals surface area contributed by atoms with Crippen molar-refractivity contribution < 1.29 is 9.63 Å². The van der Waals surface area contributed by atoms with Crippen LogP contribution in [0.2, 0.25) is 0 Å². The highest BCUT2D eigenvalue weighted by atomic mass is 79.9. The molecule has 0 radical (unpaired) electrons. The predicted molar refractivity (Wildman–Crippen MR) is 59.2 cm³/mol. The van der Waals surface area contributed by atoms with Crippen LogP contribution in [0.1, 0.15) is 6.92 Å². The third-order valence-corrected chi connectivity index (χ3v) is 2.52. The Balaban J connectivity index is 3.00. The van der Waals surface area contributed by atoms with Crippen LogP contribution >= 0.6 is 15.9 Å². The van der Waals surface area contributed by atoms with Gasteiger partial charge in [0, 0.05) is 4.47 Å². The number of carbonyl (C=O) groups excluding carboxylic acids is 1. The van der Waals surface area contributed by atoms with E-state index in [1.165, 1.54) is 0 Å². The van der Waals surface area contributed by atoms with E-state index in [0.29, 0.717) is 0 Å². The Hall–Kier alpha value is -0.870. The quantitative estimate of drug-likeness (QED) is 0.613. The molecular weight excluding hydrogens is 246 g/mol. The highest BCUT2D eigenvalue weighted by Gasteiger charge is 2.15. The van der Waals surface area contributed by atoms with Crippen LogP contribution in [0, 0.1) is 0 Å². The second-order valence-electron chi connectivity index (χ2n) is 2.84. The van der Waals surface area contributed by atoms with Crippen molar-refractivity contribution in [2.24, 2.45) is 0 Å². The second kappa shape index (κ2) is 5.12. The third kappa shape index (κ3) is 2.33. The van der Waals surface area contributed by atoms with Crippen molar-refractivity contribution in [1.82, 2.24) is 0 Å². The topological polar surface area (TPSA) is 29.5 Å². The fourth-order valence-electron chi connectivity index (χ4n) is 1.17. The van der Waals surface area contributed by atoms with Gasteiger partial charge in [0.05, 0.1) is 12.8 Å². The van der Waals surface area contributed by atoms with Crippen molar-refractivity contribution >= 4 is 27.9 Å². The number of anilines is 1. The molecule has 3 nitrogen and oxygen atoms in total. The van der Waals surface area contributed by atoms with E-state index in [9.17, 15) is 4.79 Å². The maximum absolute atomic E-state index is 10.7. The number of rotatable bonds is 4. The Morgan fingerprint density at radius 2 is 2.14 bits per heavy atom. The first-order valence-electron chi connectivity index (χ1n) is 4.24. The number of hydrogen-bond acceptors (Lipinski definition) is 3. The molecule has 14 heavy (non-hydrogen) atoms. The van der Waals surface area contributed by atoms with Crippen LogP contribution in [-0.2, 0) is 9.63 Å². The van der Waals surface area contributed by atoms with E-state index in [1.807, 2.05) is 24.3 Å². The summed E-state index contributed by atoms with van der Waals surface area (Å²) in [6.07, 6.45) is 0.836. The number of benzene rings is 1. The molecule has 0 saturated heterocycles. The fraction of sp³-hybridized carbons (Fsp3) is 0.300. The molecule has 1 atom stereocenters. The Labute approximate surface area is 91.7 Å². The standard InChI is InChI=1S/C10H12BrNO2/c1-8(7-13)12(14-2)10-6-4-3-5-9(10)11/h3-8H,1-2H3/t8-/m0/s1. The highest BCUT2D eigenvalue weighted by Crippen LogP contribution is 2.26. The zero-order chi connectivity index (χ0) is 10.6. The number of halogens is 1. The van der Waals surface area contributed by atoms with Gasteiger partial charge in [0.1, 0.15) is 12.3 Å². The summed E-state index contributed by atoms with van der Waals surface area (Å²) in [5.41, 5.74) is 0.842. The molecule has 1 aromatic carbocycles. The molecule has 0 aliphatic rings. The number of nitrogens with zero attached hydrogens (tertiary/aromatic N) is 1. The zero-order valence-corrected chi connectivity index (χ0v) is 9.69. The van der Waals surface area contributed by atoms with E-state index < -0.39 is 0 Å². The van der Waals surface area contributed by atoms with E-state index in [-0.39, 0.29) is 6.04 Å². The first kappa shape index (κ1) is 11.2. The van der Waals surface area contributed by atoms with Crippen LogP contribution in [0.3, 0.4) is 0 Å². The molecule has 0 amide bonds. The molecule has 0 fully saturated rings. The lowest BCUT2D eigenvalue weighted by Crippen LogP contribution is -2.33. The van der Waals surface area contributed by atoms with Crippen molar-refractivity contribution in [2.45, 2.75) is 13.0 Å².